The molecule has 2 rings (SSSR count). The summed E-state index contributed by atoms with van der Waals surface area (Å²) in [6, 6.07) is 8.56. The van der Waals surface area contributed by atoms with E-state index in [1.54, 1.807) is 31.4 Å². The largest absolute Gasteiger partial charge is 0.383 e. The molecule has 0 atom stereocenters. The minimum atomic E-state index is -3.39. The average Bonchev–Trinajstić information content (AvgIpc) is 2.47. The van der Waals surface area contributed by atoms with Gasteiger partial charge in [0.15, 0.2) is 0 Å². The Morgan fingerprint density at radius 2 is 1.90 bits per heavy atom. The van der Waals surface area contributed by atoms with Gasteiger partial charge in [-0.2, -0.15) is 0 Å². The summed E-state index contributed by atoms with van der Waals surface area (Å²) in [5.41, 5.74) is 0. The Hall–Kier alpha value is -0.950. The molecule has 1 aromatic carbocycles. The highest BCUT2D eigenvalue weighted by Crippen LogP contribution is 2.14. The van der Waals surface area contributed by atoms with Gasteiger partial charge in [-0.3, -0.25) is 0 Å². The molecule has 0 aliphatic carbocycles. The molecule has 20 heavy (non-hydrogen) atoms. The van der Waals surface area contributed by atoms with E-state index in [9.17, 15) is 8.42 Å². The second-order valence-corrected chi connectivity index (χ2v) is 6.76. The van der Waals surface area contributed by atoms with Crippen molar-refractivity contribution < 1.29 is 13.2 Å². The van der Waals surface area contributed by atoms with Crippen molar-refractivity contribution in [1.29, 1.82) is 0 Å². The van der Waals surface area contributed by atoms with Gasteiger partial charge in [0.2, 0.25) is 10.0 Å². The number of rotatable bonds is 6. The van der Waals surface area contributed by atoms with E-state index in [0.717, 1.165) is 39.1 Å². The number of ether oxygens (including phenoxy) is 1. The molecule has 1 aliphatic rings. The lowest BCUT2D eigenvalue weighted by atomic mass is 10.1. The molecule has 1 aromatic rings. The highest BCUT2D eigenvalue weighted by Gasteiger charge is 2.24. The van der Waals surface area contributed by atoms with Crippen LogP contribution in [0.3, 0.4) is 0 Å². The second kappa shape index (κ2) is 7.17. The van der Waals surface area contributed by atoms with Gasteiger partial charge in [-0.25, -0.2) is 13.1 Å². The molecule has 0 spiro atoms. The van der Waals surface area contributed by atoms with E-state index >= 15 is 0 Å². The Balaban J connectivity index is 1.86. The third-order valence-electron chi connectivity index (χ3n) is 3.57. The van der Waals surface area contributed by atoms with Crippen LogP contribution in [-0.2, 0) is 14.8 Å². The molecule has 112 valence electrons. The fourth-order valence-corrected chi connectivity index (χ4v) is 3.71. The van der Waals surface area contributed by atoms with Crippen molar-refractivity contribution in [2.24, 2.45) is 0 Å². The fraction of sp³-hybridized carbons (Fsp3) is 0.571. The van der Waals surface area contributed by atoms with Crippen molar-refractivity contribution in [3.63, 3.8) is 0 Å². The van der Waals surface area contributed by atoms with Crippen molar-refractivity contribution in [1.82, 2.24) is 9.62 Å². The summed E-state index contributed by atoms with van der Waals surface area (Å²) < 4.78 is 32.3. The fourth-order valence-electron chi connectivity index (χ4n) is 2.38. The maximum atomic E-state index is 12.2. The van der Waals surface area contributed by atoms with Gasteiger partial charge in [0.25, 0.3) is 0 Å². The quantitative estimate of drug-likeness (QED) is 0.854. The number of nitrogens with zero attached hydrogens (tertiary/aromatic N) is 1. The first-order valence-corrected chi connectivity index (χ1v) is 8.39. The van der Waals surface area contributed by atoms with E-state index in [1.807, 2.05) is 6.07 Å². The topological polar surface area (TPSA) is 58.6 Å². The van der Waals surface area contributed by atoms with Crippen molar-refractivity contribution in [3.8, 4) is 0 Å². The summed E-state index contributed by atoms with van der Waals surface area (Å²) in [5, 5.41) is 0. The zero-order valence-electron chi connectivity index (χ0n) is 11.8. The molecule has 5 nitrogen and oxygen atoms in total. The Kier molecular flexibility index (Phi) is 5.54. The van der Waals surface area contributed by atoms with Gasteiger partial charge in [0.05, 0.1) is 11.5 Å². The van der Waals surface area contributed by atoms with Crippen LogP contribution in [0.1, 0.15) is 12.8 Å². The average molecular weight is 298 g/mol. The van der Waals surface area contributed by atoms with Gasteiger partial charge in [0.1, 0.15) is 0 Å². The van der Waals surface area contributed by atoms with Crippen LogP contribution in [0.5, 0.6) is 0 Å². The normalized spacial score (nSPS) is 18.2. The van der Waals surface area contributed by atoms with Crippen LogP contribution in [0.25, 0.3) is 0 Å². The molecule has 1 fully saturated rings. The Labute approximate surface area is 121 Å². The van der Waals surface area contributed by atoms with Crippen LogP contribution >= 0.6 is 0 Å². The Morgan fingerprint density at radius 1 is 1.25 bits per heavy atom. The minimum absolute atomic E-state index is 0.0269. The first-order valence-electron chi connectivity index (χ1n) is 6.90. The molecule has 0 bridgehead atoms. The summed E-state index contributed by atoms with van der Waals surface area (Å²) in [5.74, 6) is 0. The molecule has 1 N–H and O–H groups in total. The molecule has 0 radical (unpaired) electrons. The van der Waals surface area contributed by atoms with E-state index in [2.05, 4.69) is 9.62 Å². The smallest absolute Gasteiger partial charge is 0.240 e. The third kappa shape index (κ3) is 4.28. The van der Waals surface area contributed by atoms with Gasteiger partial charge in [0, 0.05) is 19.7 Å². The Bertz CT molecular complexity index is 496. The SMILES string of the molecule is COCCN1CCC(NS(=O)(=O)c2ccccc2)CC1. The lowest BCUT2D eigenvalue weighted by molar-refractivity contribution is 0.129. The standard InChI is InChI=1S/C14H22N2O3S/c1-19-12-11-16-9-7-13(8-10-16)15-20(17,18)14-5-3-2-4-6-14/h2-6,13,15H,7-12H2,1H3. The molecule has 1 heterocycles. The first kappa shape index (κ1) is 15.4. The van der Waals surface area contributed by atoms with Gasteiger partial charge < -0.3 is 9.64 Å². The number of hydrogen-bond acceptors (Lipinski definition) is 4. The van der Waals surface area contributed by atoms with E-state index in [1.165, 1.54) is 0 Å². The first-order chi connectivity index (χ1) is 9.62. The maximum absolute atomic E-state index is 12.2. The second-order valence-electron chi connectivity index (χ2n) is 5.04. The van der Waals surface area contributed by atoms with Crippen molar-refractivity contribution in [2.75, 3.05) is 33.4 Å². The molecule has 0 amide bonds. The predicted molar refractivity (Wildman–Crippen MR) is 78.1 cm³/mol. The van der Waals surface area contributed by atoms with E-state index in [4.69, 9.17) is 4.74 Å². The summed E-state index contributed by atoms with van der Waals surface area (Å²) in [6.07, 6.45) is 1.69. The number of piperidine rings is 1. The van der Waals surface area contributed by atoms with Gasteiger partial charge in [-0.05, 0) is 38.1 Å². The summed E-state index contributed by atoms with van der Waals surface area (Å²) in [7, 11) is -1.69. The van der Waals surface area contributed by atoms with Crippen LogP contribution in [0.15, 0.2) is 35.2 Å². The lowest BCUT2D eigenvalue weighted by Gasteiger charge is -2.31. The van der Waals surface area contributed by atoms with Gasteiger partial charge in [-0.1, -0.05) is 18.2 Å². The number of sulfonamides is 1. The number of likely N-dealkylation sites (tertiary alicyclic amines) is 1. The molecule has 1 saturated heterocycles. The maximum Gasteiger partial charge on any atom is 0.240 e. The van der Waals surface area contributed by atoms with Crippen LogP contribution < -0.4 is 4.72 Å². The highest BCUT2D eigenvalue weighted by molar-refractivity contribution is 7.89. The zero-order chi connectivity index (χ0) is 14.4. The highest BCUT2D eigenvalue weighted by atomic mass is 32.2. The van der Waals surface area contributed by atoms with Crippen molar-refractivity contribution >= 4 is 10.0 Å². The summed E-state index contributed by atoms with van der Waals surface area (Å²) in [6.45, 7) is 3.45. The summed E-state index contributed by atoms with van der Waals surface area (Å²) in [4.78, 5) is 2.64. The number of methoxy groups -OCH3 is 1. The van der Waals surface area contributed by atoms with Crippen molar-refractivity contribution in [3.05, 3.63) is 30.3 Å². The molecule has 0 aromatic heterocycles. The zero-order valence-corrected chi connectivity index (χ0v) is 12.6. The van der Waals surface area contributed by atoms with E-state index in [0.29, 0.717) is 4.90 Å². The molecule has 0 unspecified atom stereocenters. The number of hydrogen-bond donors (Lipinski definition) is 1. The number of nitrogens with one attached hydrogen (secondary N) is 1. The van der Waals surface area contributed by atoms with Crippen LogP contribution in [0.4, 0.5) is 0 Å². The number of benzene rings is 1. The van der Waals surface area contributed by atoms with Crippen LogP contribution in [0.2, 0.25) is 0 Å². The predicted octanol–water partition coefficient (Wildman–Crippen LogP) is 1.08. The molecular formula is C14H22N2O3S. The van der Waals surface area contributed by atoms with E-state index in [-0.39, 0.29) is 6.04 Å². The Morgan fingerprint density at radius 3 is 2.50 bits per heavy atom. The van der Waals surface area contributed by atoms with E-state index < -0.39 is 10.0 Å². The lowest BCUT2D eigenvalue weighted by Crippen LogP contribution is -2.45. The van der Waals surface area contributed by atoms with Gasteiger partial charge in [-0.15, -0.1) is 0 Å². The monoisotopic (exact) mass is 298 g/mol. The third-order valence-corrected chi connectivity index (χ3v) is 5.11. The summed E-state index contributed by atoms with van der Waals surface area (Å²) >= 11 is 0. The molecule has 6 heteroatoms. The molecule has 0 saturated carbocycles. The minimum Gasteiger partial charge on any atom is -0.383 e. The van der Waals surface area contributed by atoms with Gasteiger partial charge >= 0.3 is 0 Å². The van der Waals surface area contributed by atoms with Crippen molar-refractivity contribution in [2.45, 2.75) is 23.8 Å². The van der Waals surface area contributed by atoms with Crippen LogP contribution in [-0.4, -0.2) is 52.7 Å². The molecule has 1 aliphatic heterocycles. The van der Waals surface area contributed by atoms with Crippen LogP contribution in [0, 0.1) is 0 Å². The molecular weight excluding hydrogens is 276 g/mol.